The summed E-state index contributed by atoms with van der Waals surface area (Å²) >= 11 is 2.73. The summed E-state index contributed by atoms with van der Waals surface area (Å²) in [4.78, 5) is 17.3. The van der Waals surface area contributed by atoms with E-state index in [1.54, 1.807) is 0 Å². The number of thiazole rings is 1. The number of hydrogen-bond donors (Lipinski definition) is 1. The number of amides is 1. The number of nitrogens with zero attached hydrogens (tertiary/aromatic N) is 4. The molecular weight excluding hydrogens is 458 g/mol. The second-order valence-corrected chi connectivity index (χ2v) is 9.58. The maximum absolute atomic E-state index is 12.8. The third-order valence-corrected chi connectivity index (χ3v) is 7.01. The molecule has 168 valence electrons. The van der Waals surface area contributed by atoms with Crippen LogP contribution in [0.15, 0.2) is 65.1 Å². The number of ether oxygens (including phenoxy) is 2. The summed E-state index contributed by atoms with van der Waals surface area (Å²) in [5.74, 6) is 1.89. The Balaban J connectivity index is 1.22. The molecule has 0 bridgehead atoms. The summed E-state index contributed by atoms with van der Waals surface area (Å²) in [6.45, 7) is 2.17. The summed E-state index contributed by atoms with van der Waals surface area (Å²) in [5.41, 5.74) is 1.85. The van der Waals surface area contributed by atoms with E-state index in [4.69, 9.17) is 9.47 Å². The highest BCUT2D eigenvalue weighted by atomic mass is 32.2. The summed E-state index contributed by atoms with van der Waals surface area (Å²) in [5, 5.41) is 14.2. The molecule has 0 saturated carbocycles. The normalized spacial score (nSPS) is 15.8. The van der Waals surface area contributed by atoms with E-state index in [9.17, 15) is 4.79 Å². The Morgan fingerprint density at radius 1 is 1.15 bits per heavy atom. The van der Waals surface area contributed by atoms with Crippen molar-refractivity contribution in [2.75, 3.05) is 11.9 Å². The van der Waals surface area contributed by atoms with Gasteiger partial charge in [-0.25, -0.2) is 4.98 Å². The minimum atomic E-state index is -0.394. The van der Waals surface area contributed by atoms with Gasteiger partial charge in [-0.3, -0.25) is 4.79 Å². The van der Waals surface area contributed by atoms with Crippen LogP contribution >= 0.6 is 23.1 Å². The monoisotopic (exact) mass is 479 g/mol. The molecule has 1 aliphatic rings. The van der Waals surface area contributed by atoms with Gasteiger partial charge in [0.25, 0.3) is 0 Å². The van der Waals surface area contributed by atoms with Gasteiger partial charge in [0, 0.05) is 18.0 Å². The minimum absolute atomic E-state index is 0.148. The summed E-state index contributed by atoms with van der Waals surface area (Å²) < 4.78 is 13.7. The molecule has 0 aliphatic carbocycles. The molecule has 0 fully saturated rings. The lowest BCUT2D eigenvalue weighted by atomic mass is 10.2. The topological polar surface area (TPSA) is 91.2 Å². The second-order valence-electron chi connectivity index (χ2n) is 7.42. The van der Waals surface area contributed by atoms with Gasteiger partial charge in [0.1, 0.15) is 6.61 Å². The van der Waals surface area contributed by atoms with Crippen LogP contribution in [-0.4, -0.2) is 37.5 Å². The van der Waals surface area contributed by atoms with Gasteiger partial charge in [-0.15, -0.1) is 21.5 Å². The van der Waals surface area contributed by atoms with Gasteiger partial charge in [0.05, 0.1) is 10.9 Å². The van der Waals surface area contributed by atoms with E-state index in [1.807, 2.05) is 78.5 Å². The Hall–Kier alpha value is -3.37. The number of para-hydroxylation sites is 2. The zero-order chi connectivity index (χ0) is 22.8. The molecule has 3 heterocycles. The molecule has 4 aromatic rings. The minimum Gasteiger partial charge on any atom is -0.485 e. The Morgan fingerprint density at radius 2 is 1.91 bits per heavy atom. The number of rotatable bonds is 6. The zero-order valence-electron chi connectivity index (χ0n) is 18.0. The first-order valence-electron chi connectivity index (χ1n) is 10.3. The standard InChI is InChI=1S/C23H21N5O3S2/c1-14(21(29)25-22-24-16(13-32-22)15-8-4-3-5-9-15)33-23-27-26-20(28(23)2)19-12-30-17-10-6-7-11-18(17)31-19/h3-11,13-14,19H,12H2,1-2H3,(H,24,25,29). The molecule has 2 unspecified atom stereocenters. The van der Waals surface area contributed by atoms with Crippen molar-refractivity contribution in [1.29, 1.82) is 0 Å². The van der Waals surface area contributed by atoms with Gasteiger partial charge in [0.2, 0.25) is 5.91 Å². The molecule has 2 aromatic carbocycles. The van der Waals surface area contributed by atoms with Crippen molar-refractivity contribution in [2.24, 2.45) is 7.05 Å². The highest BCUT2D eigenvalue weighted by Gasteiger charge is 2.28. The van der Waals surface area contributed by atoms with Crippen molar-refractivity contribution in [3.05, 3.63) is 65.8 Å². The van der Waals surface area contributed by atoms with E-state index >= 15 is 0 Å². The van der Waals surface area contributed by atoms with E-state index in [0.29, 0.717) is 34.2 Å². The first-order chi connectivity index (χ1) is 16.1. The predicted molar refractivity (Wildman–Crippen MR) is 128 cm³/mol. The van der Waals surface area contributed by atoms with Gasteiger partial charge in [-0.05, 0) is 19.1 Å². The van der Waals surface area contributed by atoms with Gasteiger partial charge >= 0.3 is 0 Å². The first-order valence-corrected chi connectivity index (χ1v) is 12.1. The van der Waals surface area contributed by atoms with Crippen LogP contribution in [-0.2, 0) is 11.8 Å². The molecule has 33 heavy (non-hydrogen) atoms. The molecule has 0 spiro atoms. The van der Waals surface area contributed by atoms with Crippen molar-refractivity contribution in [3.63, 3.8) is 0 Å². The number of hydrogen-bond acceptors (Lipinski definition) is 8. The van der Waals surface area contributed by atoms with Crippen LogP contribution in [0.25, 0.3) is 11.3 Å². The molecule has 2 atom stereocenters. The van der Waals surface area contributed by atoms with E-state index in [1.165, 1.54) is 23.1 Å². The van der Waals surface area contributed by atoms with Crippen molar-refractivity contribution in [2.45, 2.75) is 23.4 Å². The highest BCUT2D eigenvalue weighted by molar-refractivity contribution is 8.00. The molecule has 0 saturated heterocycles. The number of carbonyl (C=O) groups is 1. The van der Waals surface area contributed by atoms with Gasteiger partial charge in [-0.2, -0.15) is 0 Å². The third kappa shape index (κ3) is 4.57. The van der Waals surface area contributed by atoms with Crippen LogP contribution in [0.1, 0.15) is 18.9 Å². The van der Waals surface area contributed by atoms with E-state index in [2.05, 4.69) is 20.5 Å². The second kappa shape index (κ2) is 9.24. The predicted octanol–water partition coefficient (Wildman–Crippen LogP) is 4.57. The van der Waals surface area contributed by atoms with E-state index in [0.717, 1.165) is 11.3 Å². The molecule has 5 rings (SSSR count). The lowest BCUT2D eigenvalue weighted by Crippen LogP contribution is -2.25. The van der Waals surface area contributed by atoms with E-state index in [-0.39, 0.29) is 12.0 Å². The first kappa shape index (κ1) is 21.5. The fraction of sp³-hybridized carbons (Fsp3) is 0.217. The maximum atomic E-state index is 12.8. The Bertz CT molecular complexity index is 1270. The van der Waals surface area contributed by atoms with Crippen LogP contribution in [0, 0.1) is 0 Å². The van der Waals surface area contributed by atoms with Crippen LogP contribution in [0.2, 0.25) is 0 Å². The summed E-state index contributed by atoms with van der Waals surface area (Å²) in [7, 11) is 1.86. The van der Waals surface area contributed by atoms with E-state index < -0.39 is 5.25 Å². The van der Waals surface area contributed by atoms with Crippen molar-refractivity contribution in [1.82, 2.24) is 19.7 Å². The number of thioether (sulfide) groups is 1. The van der Waals surface area contributed by atoms with Crippen LogP contribution in [0.4, 0.5) is 5.13 Å². The number of fused-ring (bicyclic) bond motifs is 1. The van der Waals surface area contributed by atoms with Crippen LogP contribution in [0.3, 0.4) is 0 Å². The summed E-state index contributed by atoms with van der Waals surface area (Å²) in [6.07, 6.45) is -0.373. The average molecular weight is 480 g/mol. The van der Waals surface area contributed by atoms with Crippen LogP contribution in [0.5, 0.6) is 11.5 Å². The lowest BCUT2D eigenvalue weighted by molar-refractivity contribution is -0.115. The number of carbonyl (C=O) groups excluding carboxylic acids is 1. The lowest BCUT2D eigenvalue weighted by Gasteiger charge is -2.25. The highest BCUT2D eigenvalue weighted by Crippen LogP contribution is 2.36. The quantitative estimate of drug-likeness (QED) is 0.405. The molecule has 1 amide bonds. The Morgan fingerprint density at radius 3 is 2.73 bits per heavy atom. The fourth-order valence-electron chi connectivity index (χ4n) is 3.35. The maximum Gasteiger partial charge on any atom is 0.239 e. The Labute approximate surface area is 199 Å². The van der Waals surface area contributed by atoms with Crippen LogP contribution < -0.4 is 14.8 Å². The number of aromatic nitrogens is 4. The molecular formula is C23H21N5O3S2. The SMILES string of the molecule is CC(Sc1nnc(C2COc3ccccc3O2)n1C)C(=O)Nc1nc(-c2ccccc2)cs1. The largest absolute Gasteiger partial charge is 0.485 e. The summed E-state index contributed by atoms with van der Waals surface area (Å²) in [6, 6.07) is 17.4. The molecule has 8 nitrogen and oxygen atoms in total. The molecule has 2 aromatic heterocycles. The molecule has 1 aliphatic heterocycles. The van der Waals surface area contributed by atoms with Crippen molar-refractivity contribution in [3.8, 4) is 22.8 Å². The van der Waals surface area contributed by atoms with Crippen molar-refractivity contribution < 1.29 is 14.3 Å². The van der Waals surface area contributed by atoms with Gasteiger partial charge < -0.3 is 19.4 Å². The molecule has 0 radical (unpaired) electrons. The smallest absolute Gasteiger partial charge is 0.239 e. The third-order valence-electron chi connectivity index (χ3n) is 5.12. The molecule has 10 heteroatoms. The van der Waals surface area contributed by atoms with Gasteiger partial charge in [-0.1, -0.05) is 54.2 Å². The molecule has 1 N–H and O–H groups in total. The zero-order valence-corrected chi connectivity index (χ0v) is 19.6. The van der Waals surface area contributed by atoms with Crippen molar-refractivity contribution >= 4 is 34.1 Å². The Kier molecular flexibility index (Phi) is 6.01. The number of benzene rings is 2. The van der Waals surface area contributed by atoms with Gasteiger partial charge in [0.15, 0.2) is 33.7 Å². The fourth-order valence-corrected chi connectivity index (χ4v) is 4.89. The number of nitrogens with one attached hydrogen (secondary N) is 1. The number of anilines is 1. The average Bonchev–Trinajstić information content (AvgIpc) is 3.46.